The lowest BCUT2D eigenvalue weighted by Crippen LogP contribution is -2.28. The second-order valence-corrected chi connectivity index (χ2v) is 4.82. The minimum absolute atomic E-state index is 0.00813. The Bertz CT molecular complexity index is 454. The van der Waals surface area contributed by atoms with E-state index in [9.17, 15) is 10.1 Å². The van der Waals surface area contributed by atoms with E-state index in [-0.39, 0.29) is 12.3 Å². The van der Waals surface area contributed by atoms with E-state index in [1.165, 1.54) is 12.1 Å². The molecule has 2 N–H and O–H groups in total. The fourth-order valence-corrected chi connectivity index (χ4v) is 1.92. The van der Waals surface area contributed by atoms with Crippen LogP contribution in [-0.4, -0.2) is 41.3 Å². The first kappa shape index (κ1) is 17.2. The van der Waals surface area contributed by atoms with Gasteiger partial charge in [-0.3, -0.25) is 10.1 Å². The third-order valence-corrected chi connectivity index (χ3v) is 3.04. The van der Waals surface area contributed by atoms with Gasteiger partial charge in [-0.1, -0.05) is 20.3 Å². The van der Waals surface area contributed by atoms with Gasteiger partial charge in [-0.15, -0.1) is 0 Å². The highest BCUT2D eigenvalue weighted by atomic mass is 16.6. The summed E-state index contributed by atoms with van der Waals surface area (Å²) in [5.74, 6) is 1.03. The summed E-state index contributed by atoms with van der Waals surface area (Å²) in [4.78, 5) is 16.9. The molecule has 0 saturated carbocycles. The maximum absolute atomic E-state index is 11.1. The number of pyridine rings is 1. The summed E-state index contributed by atoms with van der Waals surface area (Å²) in [5.41, 5.74) is 0.0121. The minimum atomic E-state index is -0.417. The Kier molecular flexibility index (Phi) is 7.45. The van der Waals surface area contributed by atoms with Crippen molar-refractivity contribution in [2.75, 3.05) is 36.5 Å². The number of aliphatic hydroxyl groups is 1. The lowest BCUT2D eigenvalue weighted by atomic mass is 10.3. The van der Waals surface area contributed by atoms with Gasteiger partial charge in [0.05, 0.1) is 23.7 Å². The van der Waals surface area contributed by atoms with Gasteiger partial charge in [-0.05, 0) is 12.8 Å². The number of nitrogens with zero attached hydrogens (tertiary/aromatic N) is 3. The van der Waals surface area contributed by atoms with Gasteiger partial charge in [-0.25, -0.2) is 4.98 Å². The molecule has 21 heavy (non-hydrogen) atoms. The topological polar surface area (TPSA) is 91.5 Å². The second-order valence-electron chi connectivity index (χ2n) is 4.82. The van der Waals surface area contributed by atoms with Gasteiger partial charge >= 0.3 is 0 Å². The van der Waals surface area contributed by atoms with E-state index >= 15 is 0 Å². The summed E-state index contributed by atoms with van der Waals surface area (Å²) in [6.07, 6.45) is 2.87. The Balaban J connectivity index is 3.05. The van der Waals surface area contributed by atoms with Crippen LogP contribution in [0.2, 0.25) is 0 Å². The van der Waals surface area contributed by atoms with Crippen LogP contribution in [0.1, 0.15) is 33.1 Å². The van der Waals surface area contributed by atoms with Crippen LogP contribution in [0, 0.1) is 10.1 Å². The van der Waals surface area contributed by atoms with E-state index in [0.717, 1.165) is 25.8 Å². The fraction of sp³-hybridized carbons (Fsp3) is 0.643. The molecule has 0 aromatic carbocycles. The van der Waals surface area contributed by atoms with Gasteiger partial charge in [0.25, 0.3) is 5.69 Å². The highest BCUT2D eigenvalue weighted by Crippen LogP contribution is 2.23. The van der Waals surface area contributed by atoms with Crippen LogP contribution in [0.3, 0.4) is 0 Å². The summed E-state index contributed by atoms with van der Waals surface area (Å²) in [5, 5.41) is 23.3. The van der Waals surface area contributed by atoms with E-state index in [2.05, 4.69) is 17.2 Å². The van der Waals surface area contributed by atoms with E-state index in [4.69, 9.17) is 5.11 Å². The molecule has 0 atom stereocenters. The molecule has 0 amide bonds. The zero-order chi connectivity index (χ0) is 15.7. The molecule has 0 spiro atoms. The molecule has 7 nitrogen and oxygen atoms in total. The Hall–Kier alpha value is -1.89. The number of aliphatic hydroxyl groups excluding tert-OH is 1. The highest BCUT2D eigenvalue weighted by Gasteiger charge is 2.15. The minimum Gasteiger partial charge on any atom is -0.395 e. The molecule has 0 radical (unpaired) electrons. The molecule has 0 bridgehead atoms. The standard InChI is InChI=1S/C14H24N4O3/c1-3-5-7-17(8-9-19)14-11-12(18(20)21)10-13(16-14)15-6-4-2/h10-11,19H,3-9H2,1-2H3,(H,15,16). The average Bonchev–Trinajstić information content (AvgIpc) is 2.49. The summed E-state index contributed by atoms with van der Waals surface area (Å²) in [7, 11) is 0. The first-order valence-electron chi connectivity index (χ1n) is 7.38. The normalized spacial score (nSPS) is 10.4. The smallest absolute Gasteiger partial charge is 0.276 e. The zero-order valence-electron chi connectivity index (χ0n) is 12.7. The van der Waals surface area contributed by atoms with Crippen molar-refractivity contribution in [3.63, 3.8) is 0 Å². The van der Waals surface area contributed by atoms with Crippen LogP contribution in [0.15, 0.2) is 12.1 Å². The van der Waals surface area contributed by atoms with Crippen molar-refractivity contribution in [1.29, 1.82) is 0 Å². The number of nitrogens with one attached hydrogen (secondary N) is 1. The monoisotopic (exact) mass is 296 g/mol. The quantitative estimate of drug-likeness (QED) is 0.509. The molecule has 0 aliphatic heterocycles. The molecule has 0 saturated heterocycles. The van der Waals surface area contributed by atoms with Crippen molar-refractivity contribution in [1.82, 2.24) is 4.98 Å². The Morgan fingerprint density at radius 3 is 2.67 bits per heavy atom. The Morgan fingerprint density at radius 1 is 1.33 bits per heavy atom. The first-order chi connectivity index (χ1) is 10.1. The molecule has 118 valence electrons. The SMILES string of the molecule is CCCCN(CCO)c1cc([N+](=O)[O-])cc(NCCC)n1. The molecule has 0 aliphatic rings. The highest BCUT2D eigenvalue weighted by molar-refractivity contribution is 5.56. The molecular weight excluding hydrogens is 272 g/mol. The zero-order valence-corrected chi connectivity index (χ0v) is 12.7. The Labute approximate surface area is 125 Å². The van der Waals surface area contributed by atoms with Crippen LogP contribution in [0.5, 0.6) is 0 Å². The largest absolute Gasteiger partial charge is 0.395 e. The van der Waals surface area contributed by atoms with Crippen LogP contribution in [0.4, 0.5) is 17.3 Å². The van der Waals surface area contributed by atoms with E-state index < -0.39 is 4.92 Å². The Morgan fingerprint density at radius 2 is 2.10 bits per heavy atom. The molecule has 1 aromatic heterocycles. The van der Waals surface area contributed by atoms with Gasteiger partial charge in [-0.2, -0.15) is 0 Å². The molecule has 1 heterocycles. The third kappa shape index (κ3) is 5.55. The van der Waals surface area contributed by atoms with Crippen molar-refractivity contribution in [2.45, 2.75) is 33.1 Å². The molecule has 1 rings (SSSR count). The molecular formula is C14H24N4O3. The number of hydrogen-bond donors (Lipinski definition) is 2. The number of aromatic nitrogens is 1. The maximum Gasteiger partial charge on any atom is 0.276 e. The van der Waals surface area contributed by atoms with Crippen LogP contribution in [-0.2, 0) is 0 Å². The number of unbranched alkanes of at least 4 members (excludes halogenated alkanes) is 1. The van der Waals surface area contributed by atoms with E-state index in [1.54, 1.807) is 0 Å². The van der Waals surface area contributed by atoms with E-state index in [0.29, 0.717) is 24.7 Å². The van der Waals surface area contributed by atoms with Crippen molar-refractivity contribution in [3.8, 4) is 0 Å². The summed E-state index contributed by atoms with van der Waals surface area (Å²) >= 11 is 0. The van der Waals surface area contributed by atoms with Gasteiger partial charge in [0, 0.05) is 19.6 Å². The van der Waals surface area contributed by atoms with Gasteiger partial charge in [0.2, 0.25) is 0 Å². The summed E-state index contributed by atoms with van der Waals surface area (Å²) < 4.78 is 0. The second kappa shape index (κ2) is 9.12. The van der Waals surface area contributed by atoms with E-state index in [1.807, 2.05) is 11.8 Å². The van der Waals surface area contributed by atoms with Gasteiger partial charge in [0.15, 0.2) is 0 Å². The molecule has 0 fully saturated rings. The first-order valence-corrected chi connectivity index (χ1v) is 7.38. The predicted octanol–water partition coefficient (Wildman–Crippen LogP) is 2.41. The summed E-state index contributed by atoms with van der Waals surface area (Å²) in [6, 6.07) is 2.90. The van der Waals surface area contributed by atoms with Crippen molar-refractivity contribution < 1.29 is 10.0 Å². The van der Waals surface area contributed by atoms with Crippen LogP contribution >= 0.6 is 0 Å². The third-order valence-electron chi connectivity index (χ3n) is 3.04. The molecule has 7 heteroatoms. The lowest BCUT2D eigenvalue weighted by molar-refractivity contribution is -0.384. The number of hydrogen-bond acceptors (Lipinski definition) is 6. The van der Waals surface area contributed by atoms with Crippen molar-refractivity contribution in [3.05, 3.63) is 22.2 Å². The number of nitro groups is 1. The summed E-state index contributed by atoms with van der Waals surface area (Å²) in [6.45, 7) is 5.94. The van der Waals surface area contributed by atoms with Crippen molar-refractivity contribution in [2.24, 2.45) is 0 Å². The fourth-order valence-electron chi connectivity index (χ4n) is 1.92. The van der Waals surface area contributed by atoms with Crippen molar-refractivity contribution >= 4 is 17.3 Å². The molecule has 0 aliphatic carbocycles. The molecule has 1 aromatic rings. The average molecular weight is 296 g/mol. The molecule has 0 unspecified atom stereocenters. The van der Waals surface area contributed by atoms with Crippen LogP contribution in [0.25, 0.3) is 0 Å². The van der Waals surface area contributed by atoms with Gasteiger partial charge in [0.1, 0.15) is 11.6 Å². The predicted molar refractivity (Wildman–Crippen MR) is 83.9 cm³/mol. The number of anilines is 2. The van der Waals surface area contributed by atoms with Gasteiger partial charge < -0.3 is 15.3 Å². The number of rotatable bonds is 10. The maximum atomic E-state index is 11.1. The lowest BCUT2D eigenvalue weighted by Gasteiger charge is -2.23. The van der Waals surface area contributed by atoms with Crippen LogP contribution < -0.4 is 10.2 Å².